The second-order valence-corrected chi connectivity index (χ2v) is 6.54. The Morgan fingerprint density at radius 2 is 1.96 bits per heavy atom. The van der Waals surface area contributed by atoms with Crippen molar-refractivity contribution in [1.82, 2.24) is 4.90 Å². The smallest absolute Gasteiger partial charge is 0.246 e. The lowest BCUT2D eigenvalue weighted by atomic mass is 9.85. The van der Waals surface area contributed by atoms with Gasteiger partial charge in [0.05, 0.1) is 13.2 Å². The van der Waals surface area contributed by atoms with E-state index >= 15 is 0 Å². The Morgan fingerprint density at radius 3 is 2.57 bits per heavy atom. The molecule has 1 aromatic carbocycles. The van der Waals surface area contributed by atoms with Crippen molar-refractivity contribution in [1.29, 1.82) is 0 Å². The van der Waals surface area contributed by atoms with Crippen LogP contribution in [0, 0.1) is 5.92 Å². The number of morpholine rings is 1. The van der Waals surface area contributed by atoms with Gasteiger partial charge in [-0.2, -0.15) is 0 Å². The van der Waals surface area contributed by atoms with Crippen molar-refractivity contribution in [3.8, 4) is 0 Å². The van der Waals surface area contributed by atoms with E-state index in [9.17, 15) is 4.79 Å². The van der Waals surface area contributed by atoms with E-state index in [1.165, 1.54) is 24.9 Å². The largest absolute Gasteiger partial charge is 0.378 e. The number of ether oxygens (including phenoxy) is 1. The zero-order valence-electron chi connectivity index (χ0n) is 13.9. The Balaban J connectivity index is 1.53. The van der Waals surface area contributed by atoms with Crippen LogP contribution >= 0.6 is 0 Å². The van der Waals surface area contributed by atoms with E-state index < -0.39 is 0 Å². The molecule has 1 saturated heterocycles. The predicted octanol–water partition coefficient (Wildman–Crippen LogP) is 2.79. The maximum atomic E-state index is 12.1. The van der Waals surface area contributed by atoms with E-state index in [0.29, 0.717) is 5.92 Å². The summed E-state index contributed by atoms with van der Waals surface area (Å²) in [4.78, 5) is 16.3. The molecule has 23 heavy (non-hydrogen) atoms. The fourth-order valence-corrected chi connectivity index (χ4v) is 3.07. The second-order valence-electron chi connectivity index (χ2n) is 6.54. The van der Waals surface area contributed by atoms with Gasteiger partial charge in [0.25, 0.3) is 0 Å². The molecule has 4 nitrogen and oxygen atoms in total. The summed E-state index contributed by atoms with van der Waals surface area (Å²) in [6.45, 7) is 4.37. The summed E-state index contributed by atoms with van der Waals surface area (Å²) in [6.07, 6.45) is 7.44. The van der Waals surface area contributed by atoms with Gasteiger partial charge in [0.15, 0.2) is 0 Å². The van der Waals surface area contributed by atoms with E-state index in [-0.39, 0.29) is 5.91 Å². The SMILES string of the molecule is CN(CC1CCC1)C(=O)/C=C/c1ccc(N2CCOCC2)cc1. The summed E-state index contributed by atoms with van der Waals surface area (Å²) in [5, 5.41) is 0. The number of hydrogen-bond acceptors (Lipinski definition) is 3. The molecule has 1 heterocycles. The molecule has 0 N–H and O–H groups in total. The van der Waals surface area contributed by atoms with Gasteiger partial charge in [-0.3, -0.25) is 4.79 Å². The fraction of sp³-hybridized carbons (Fsp3) is 0.526. The van der Waals surface area contributed by atoms with Crippen molar-refractivity contribution >= 4 is 17.7 Å². The number of amides is 1. The highest BCUT2D eigenvalue weighted by atomic mass is 16.5. The lowest BCUT2D eigenvalue weighted by Crippen LogP contribution is -2.36. The van der Waals surface area contributed by atoms with Gasteiger partial charge < -0.3 is 14.5 Å². The molecule has 1 aliphatic carbocycles. The molecule has 1 aromatic rings. The van der Waals surface area contributed by atoms with E-state index in [0.717, 1.165) is 38.4 Å². The molecule has 2 fully saturated rings. The standard InChI is InChI=1S/C19H26N2O2/c1-20(15-17-3-2-4-17)19(22)10-7-16-5-8-18(9-6-16)21-11-13-23-14-12-21/h5-10,17H,2-4,11-15H2,1H3/b10-7+. The fourth-order valence-electron chi connectivity index (χ4n) is 3.07. The highest BCUT2D eigenvalue weighted by Gasteiger charge is 2.20. The highest BCUT2D eigenvalue weighted by Crippen LogP contribution is 2.26. The third kappa shape index (κ3) is 4.35. The summed E-state index contributed by atoms with van der Waals surface area (Å²) in [5.74, 6) is 0.805. The Labute approximate surface area is 138 Å². The Morgan fingerprint density at radius 1 is 1.26 bits per heavy atom. The van der Waals surface area contributed by atoms with Crippen LogP contribution in [-0.4, -0.2) is 50.7 Å². The molecule has 1 amide bonds. The molecular weight excluding hydrogens is 288 g/mol. The molecule has 0 unspecified atom stereocenters. The zero-order chi connectivity index (χ0) is 16.1. The van der Waals surface area contributed by atoms with Crippen molar-refractivity contribution in [2.75, 3.05) is 44.8 Å². The monoisotopic (exact) mass is 314 g/mol. The molecule has 0 bridgehead atoms. The average Bonchev–Trinajstić information content (AvgIpc) is 2.57. The Bertz CT molecular complexity index is 543. The van der Waals surface area contributed by atoms with Gasteiger partial charge in [-0.15, -0.1) is 0 Å². The summed E-state index contributed by atoms with van der Waals surface area (Å²) in [7, 11) is 1.90. The Hall–Kier alpha value is -1.81. The summed E-state index contributed by atoms with van der Waals surface area (Å²) in [5.41, 5.74) is 2.28. The molecule has 0 radical (unpaired) electrons. The molecule has 4 heteroatoms. The van der Waals surface area contributed by atoms with Crippen LogP contribution in [0.25, 0.3) is 6.08 Å². The number of rotatable bonds is 5. The molecule has 3 rings (SSSR count). The number of carbonyl (C=O) groups excluding carboxylic acids is 1. The normalized spacial score (nSPS) is 18.9. The number of nitrogens with zero attached hydrogens (tertiary/aromatic N) is 2. The average molecular weight is 314 g/mol. The number of likely N-dealkylation sites (N-methyl/N-ethyl adjacent to an activating group) is 1. The summed E-state index contributed by atoms with van der Waals surface area (Å²) >= 11 is 0. The first-order valence-electron chi connectivity index (χ1n) is 8.58. The maximum Gasteiger partial charge on any atom is 0.246 e. The molecule has 2 aliphatic rings. The van der Waals surface area contributed by atoms with Crippen molar-refractivity contribution in [2.24, 2.45) is 5.92 Å². The minimum absolute atomic E-state index is 0.0918. The van der Waals surface area contributed by atoms with E-state index in [1.54, 1.807) is 6.08 Å². The quantitative estimate of drug-likeness (QED) is 0.784. The molecule has 0 spiro atoms. The minimum Gasteiger partial charge on any atom is -0.378 e. The van der Waals surface area contributed by atoms with Gasteiger partial charge in [0, 0.05) is 38.4 Å². The number of hydrogen-bond donors (Lipinski definition) is 0. The van der Waals surface area contributed by atoms with E-state index in [4.69, 9.17) is 4.74 Å². The number of benzene rings is 1. The van der Waals surface area contributed by atoms with Crippen molar-refractivity contribution in [3.05, 3.63) is 35.9 Å². The zero-order valence-corrected chi connectivity index (χ0v) is 13.9. The molecule has 0 aromatic heterocycles. The third-order valence-electron chi connectivity index (χ3n) is 4.82. The summed E-state index contributed by atoms with van der Waals surface area (Å²) < 4.78 is 5.38. The molecule has 124 valence electrons. The minimum atomic E-state index is 0.0918. The van der Waals surface area contributed by atoms with Crippen molar-refractivity contribution in [2.45, 2.75) is 19.3 Å². The van der Waals surface area contributed by atoms with E-state index in [1.807, 2.05) is 18.0 Å². The van der Waals surface area contributed by atoms with Crippen LogP contribution in [0.3, 0.4) is 0 Å². The van der Waals surface area contributed by atoms with Gasteiger partial charge in [0.1, 0.15) is 0 Å². The van der Waals surface area contributed by atoms with Gasteiger partial charge in [-0.1, -0.05) is 18.6 Å². The first-order chi connectivity index (χ1) is 11.2. The van der Waals surface area contributed by atoms with Crippen LogP contribution in [0.1, 0.15) is 24.8 Å². The third-order valence-corrected chi connectivity index (χ3v) is 4.82. The van der Waals surface area contributed by atoms with Crippen LogP contribution in [0.15, 0.2) is 30.3 Å². The van der Waals surface area contributed by atoms with Crippen LogP contribution in [-0.2, 0) is 9.53 Å². The van der Waals surface area contributed by atoms with Crippen LogP contribution < -0.4 is 4.90 Å². The first-order valence-corrected chi connectivity index (χ1v) is 8.58. The molecule has 1 saturated carbocycles. The lowest BCUT2D eigenvalue weighted by Gasteiger charge is -2.29. The molecule has 0 atom stereocenters. The van der Waals surface area contributed by atoms with Crippen LogP contribution in [0.4, 0.5) is 5.69 Å². The van der Waals surface area contributed by atoms with Crippen molar-refractivity contribution < 1.29 is 9.53 Å². The van der Waals surface area contributed by atoms with Crippen LogP contribution in [0.2, 0.25) is 0 Å². The highest BCUT2D eigenvalue weighted by molar-refractivity contribution is 5.91. The maximum absolute atomic E-state index is 12.1. The predicted molar refractivity (Wildman–Crippen MR) is 93.5 cm³/mol. The van der Waals surface area contributed by atoms with Gasteiger partial charge in [0.2, 0.25) is 5.91 Å². The lowest BCUT2D eigenvalue weighted by molar-refractivity contribution is -0.125. The molecular formula is C19H26N2O2. The van der Waals surface area contributed by atoms with Gasteiger partial charge >= 0.3 is 0 Å². The van der Waals surface area contributed by atoms with Crippen molar-refractivity contribution in [3.63, 3.8) is 0 Å². The topological polar surface area (TPSA) is 32.8 Å². The van der Waals surface area contributed by atoms with Gasteiger partial charge in [-0.25, -0.2) is 0 Å². The van der Waals surface area contributed by atoms with Crippen LogP contribution in [0.5, 0.6) is 0 Å². The second kappa shape index (κ2) is 7.64. The molecule has 1 aliphatic heterocycles. The number of carbonyl (C=O) groups is 1. The number of anilines is 1. The first kappa shape index (κ1) is 16.1. The van der Waals surface area contributed by atoms with Gasteiger partial charge in [-0.05, 0) is 42.5 Å². The van der Waals surface area contributed by atoms with E-state index in [2.05, 4.69) is 29.2 Å². The summed E-state index contributed by atoms with van der Waals surface area (Å²) in [6, 6.07) is 8.38. The Kier molecular flexibility index (Phi) is 5.34.